The summed E-state index contributed by atoms with van der Waals surface area (Å²) in [6, 6.07) is 31.9. The molecule has 1 atom stereocenters. The molecule has 0 radical (unpaired) electrons. The van der Waals surface area contributed by atoms with Crippen LogP contribution in [0.5, 0.6) is 0 Å². The van der Waals surface area contributed by atoms with E-state index in [1.807, 2.05) is 38.1 Å². The predicted octanol–water partition coefficient (Wildman–Crippen LogP) is 4.43. The molecule has 0 spiro atoms. The molecule has 0 aliphatic rings. The van der Waals surface area contributed by atoms with E-state index in [4.69, 9.17) is 4.74 Å². The van der Waals surface area contributed by atoms with Gasteiger partial charge in [0.05, 0.1) is 0 Å². The van der Waals surface area contributed by atoms with Crippen molar-refractivity contribution in [2.24, 2.45) is 5.92 Å². The summed E-state index contributed by atoms with van der Waals surface area (Å²) in [5.41, 5.74) is 0. The molecule has 3 aromatic carbocycles. The second kappa shape index (κ2) is 9.48. The number of rotatable bonds is 7. The van der Waals surface area contributed by atoms with E-state index in [9.17, 15) is 4.79 Å². The van der Waals surface area contributed by atoms with Crippen molar-refractivity contribution in [2.45, 2.75) is 13.8 Å². The van der Waals surface area contributed by atoms with Gasteiger partial charge in [-0.05, 0) is 0 Å². The Morgan fingerprint density at radius 1 is 0.821 bits per heavy atom. The maximum absolute atomic E-state index is 12.2. The Morgan fingerprint density at radius 3 is 1.57 bits per heavy atom. The van der Waals surface area contributed by atoms with Crippen LogP contribution in [0.1, 0.15) is 13.8 Å². The summed E-state index contributed by atoms with van der Waals surface area (Å²) >= 11 is 0. The van der Waals surface area contributed by atoms with Crippen LogP contribution in [-0.2, 0) is 9.53 Å². The molecule has 0 bridgehead atoms. The van der Waals surface area contributed by atoms with Crippen molar-refractivity contribution < 1.29 is 9.53 Å². The van der Waals surface area contributed by atoms with Gasteiger partial charge >= 0.3 is 168 Å². The summed E-state index contributed by atoms with van der Waals surface area (Å²) < 4.78 is 5.21. The summed E-state index contributed by atoms with van der Waals surface area (Å²) in [6.07, 6.45) is 2.03. The molecule has 0 heterocycles. The quantitative estimate of drug-likeness (QED) is 0.441. The first kappa shape index (κ1) is 20.0. The topological polar surface area (TPSA) is 26.3 Å². The molecular weight excluding hydrogens is 363 g/mol. The molecule has 3 rings (SSSR count). The fourth-order valence-electron chi connectivity index (χ4n) is 3.53. The van der Waals surface area contributed by atoms with Crippen LogP contribution in [0.25, 0.3) is 0 Å². The van der Waals surface area contributed by atoms with Crippen LogP contribution < -0.4 is 15.9 Å². The Morgan fingerprint density at radius 2 is 1.21 bits per heavy atom. The van der Waals surface area contributed by atoms with Crippen molar-refractivity contribution >= 4 is 29.1 Å². The molecule has 0 saturated heterocycles. The van der Waals surface area contributed by atoms with Crippen molar-refractivity contribution in [3.05, 3.63) is 103 Å². The van der Waals surface area contributed by atoms with E-state index in [0.29, 0.717) is 6.61 Å². The summed E-state index contributed by atoms with van der Waals surface area (Å²) in [5, 5.41) is 3.87. The molecule has 3 aromatic rings. The van der Waals surface area contributed by atoms with E-state index in [0.717, 1.165) is 0 Å². The molecular formula is C25H27O2P. The Balaban J connectivity index is 2.21. The van der Waals surface area contributed by atoms with Crippen molar-refractivity contribution in [3.63, 3.8) is 0 Å². The minimum atomic E-state index is -2.44. The number of hydrogen-bond acceptors (Lipinski definition) is 2. The Kier molecular flexibility index (Phi) is 6.79. The summed E-state index contributed by atoms with van der Waals surface area (Å²) in [5.74, 6) is 1.81. The second-order valence-electron chi connectivity index (χ2n) is 6.81. The molecule has 0 saturated carbocycles. The number of ether oxygens (including phenoxy) is 1. The predicted molar refractivity (Wildman–Crippen MR) is 121 cm³/mol. The second-order valence-corrected chi connectivity index (χ2v) is 10.5. The van der Waals surface area contributed by atoms with Crippen LogP contribution >= 0.6 is 7.26 Å². The van der Waals surface area contributed by atoms with Gasteiger partial charge in [-0.15, -0.1) is 0 Å². The van der Waals surface area contributed by atoms with Gasteiger partial charge in [-0.25, -0.2) is 0 Å². The van der Waals surface area contributed by atoms with Crippen LogP contribution in [0.4, 0.5) is 0 Å². The Bertz CT molecular complexity index is 808. The maximum atomic E-state index is 12.2. The van der Waals surface area contributed by atoms with Gasteiger partial charge in [0.25, 0.3) is 0 Å². The normalized spacial score (nSPS) is 13.2. The fourth-order valence-corrected chi connectivity index (χ4v) is 7.84. The number of hydrogen-bond donors (Lipinski definition) is 0. The number of benzene rings is 3. The Hall–Kier alpha value is -2.70. The third-order valence-electron chi connectivity index (χ3n) is 4.98. The molecule has 0 aliphatic heterocycles. The molecule has 0 aliphatic carbocycles. The van der Waals surface area contributed by atoms with Crippen molar-refractivity contribution in [1.29, 1.82) is 0 Å². The van der Waals surface area contributed by atoms with Gasteiger partial charge in [-0.2, -0.15) is 0 Å². The van der Waals surface area contributed by atoms with Gasteiger partial charge in [0.1, 0.15) is 0 Å². The molecule has 0 amide bonds. The van der Waals surface area contributed by atoms with E-state index < -0.39 is 7.26 Å². The SMILES string of the molecule is CCOC(=O)C(C)C=C[PH](c1ccccc1)(c1ccccc1)c1ccccc1. The van der Waals surface area contributed by atoms with E-state index in [1.165, 1.54) is 15.9 Å². The van der Waals surface area contributed by atoms with E-state index >= 15 is 0 Å². The van der Waals surface area contributed by atoms with Crippen LogP contribution in [0, 0.1) is 5.92 Å². The van der Waals surface area contributed by atoms with Gasteiger partial charge in [-0.1, -0.05) is 0 Å². The van der Waals surface area contributed by atoms with E-state index in [1.54, 1.807) is 0 Å². The van der Waals surface area contributed by atoms with E-state index in [-0.39, 0.29) is 11.9 Å². The molecule has 144 valence electrons. The van der Waals surface area contributed by atoms with Gasteiger partial charge in [0, 0.05) is 0 Å². The Labute approximate surface area is 168 Å². The van der Waals surface area contributed by atoms with E-state index in [2.05, 4.69) is 78.6 Å². The summed E-state index contributed by atoms with van der Waals surface area (Å²) in [7, 11) is -2.44. The zero-order valence-corrected chi connectivity index (χ0v) is 17.4. The zero-order valence-electron chi connectivity index (χ0n) is 16.4. The van der Waals surface area contributed by atoms with Crippen molar-refractivity contribution in [3.8, 4) is 0 Å². The standard InChI is InChI=1S/C25H27O2P/c1-3-27-25(26)21(2)19-20-28(22-13-7-4-8-14-22,23-15-9-5-10-16-23)24-17-11-6-12-18-24/h4-21,28H,3H2,1-2H3. The average Bonchev–Trinajstić information content (AvgIpc) is 2.76. The van der Waals surface area contributed by atoms with Gasteiger partial charge in [0.2, 0.25) is 0 Å². The first-order chi connectivity index (χ1) is 13.7. The molecule has 1 unspecified atom stereocenters. The van der Waals surface area contributed by atoms with Gasteiger partial charge < -0.3 is 0 Å². The molecule has 28 heavy (non-hydrogen) atoms. The number of carbonyl (C=O) groups is 1. The molecule has 3 heteroatoms. The third-order valence-corrected chi connectivity index (χ3v) is 9.41. The minimum absolute atomic E-state index is 0.184. The van der Waals surface area contributed by atoms with Crippen molar-refractivity contribution in [2.75, 3.05) is 6.61 Å². The van der Waals surface area contributed by atoms with Crippen LogP contribution in [0.2, 0.25) is 0 Å². The number of carbonyl (C=O) groups excluding carboxylic acids is 1. The van der Waals surface area contributed by atoms with Crippen LogP contribution in [0.3, 0.4) is 0 Å². The first-order valence-electron chi connectivity index (χ1n) is 9.71. The van der Waals surface area contributed by atoms with Crippen molar-refractivity contribution in [1.82, 2.24) is 0 Å². The summed E-state index contributed by atoms with van der Waals surface area (Å²) in [6.45, 7) is 4.13. The monoisotopic (exact) mass is 390 g/mol. The van der Waals surface area contributed by atoms with Gasteiger partial charge in [-0.3, -0.25) is 0 Å². The zero-order chi connectivity index (χ0) is 19.8. The first-order valence-corrected chi connectivity index (χ1v) is 11.8. The molecule has 2 nitrogen and oxygen atoms in total. The van der Waals surface area contributed by atoms with Gasteiger partial charge in [0.15, 0.2) is 0 Å². The van der Waals surface area contributed by atoms with Crippen LogP contribution in [-0.4, -0.2) is 12.6 Å². The third kappa shape index (κ3) is 4.24. The molecule has 0 fully saturated rings. The summed E-state index contributed by atoms with van der Waals surface area (Å²) in [4.78, 5) is 12.2. The molecule has 0 N–H and O–H groups in total. The van der Waals surface area contributed by atoms with Crippen LogP contribution in [0.15, 0.2) is 103 Å². The average molecular weight is 390 g/mol. The number of esters is 1. The fraction of sp³-hybridized carbons (Fsp3) is 0.160. The molecule has 0 aromatic heterocycles.